The number of hydrogen-bond acceptors (Lipinski definition) is 5. The third-order valence-corrected chi connectivity index (χ3v) is 4.82. The standard InChI is InChI=1S/C13H16ClN3O3S/c1-3-9-6-16-13(20-9)7-17-21(18,19)12-5-11(15)10(14)4-8(12)2/h4-6,17H,3,7,15H2,1-2H3. The van der Waals surface area contributed by atoms with Gasteiger partial charge in [-0.1, -0.05) is 18.5 Å². The summed E-state index contributed by atoms with van der Waals surface area (Å²) in [4.78, 5) is 4.09. The summed E-state index contributed by atoms with van der Waals surface area (Å²) in [7, 11) is -3.71. The molecule has 0 aliphatic heterocycles. The van der Waals surface area contributed by atoms with E-state index in [-0.39, 0.29) is 17.1 Å². The van der Waals surface area contributed by atoms with Gasteiger partial charge in [0.2, 0.25) is 15.9 Å². The molecule has 8 heteroatoms. The Labute approximate surface area is 128 Å². The van der Waals surface area contributed by atoms with Gasteiger partial charge in [-0.15, -0.1) is 0 Å². The molecule has 0 spiro atoms. The number of oxazole rings is 1. The number of halogens is 1. The van der Waals surface area contributed by atoms with Gasteiger partial charge in [-0.25, -0.2) is 18.1 Å². The van der Waals surface area contributed by atoms with Gasteiger partial charge in [-0.3, -0.25) is 0 Å². The van der Waals surface area contributed by atoms with Gasteiger partial charge in [-0.05, 0) is 24.6 Å². The monoisotopic (exact) mass is 329 g/mol. The summed E-state index contributed by atoms with van der Waals surface area (Å²) in [5.41, 5.74) is 6.39. The van der Waals surface area contributed by atoms with Gasteiger partial charge in [-0.2, -0.15) is 0 Å². The van der Waals surface area contributed by atoms with E-state index in [2.05, 4.69) is 9.71 Å². The number of nitrogens with two attached hydrogens (primary N) is 1. The molecule has 0 amide bonds. The number of rotatable bonds is 5. The average molecular weight is 330 g/mol. The van der Waals surface area contributed by atoms with E-state index in [1.807, 2.05) is 6.92 Å². The molecule has 1 aromatic heterocycles. The Morgan fingerprint density at radius 3 is 2.76 bits per heavy atom. The van der Waals surface area contributed by atoms with Crippen LogP contribution in [0.1, 0.15) is 24.1 Å². The topological polar surface area (TPSA) is 98.2 Å². The summed E-state index contributed by atoms with van der Waals surface area (Å²) in [6.07, 6.45) is 2.28. The van der Waals surface area contributed by atoms with Gasteiger partial charge in [0.15, 0.2) is 0 Å². The number of aromatic nitrogens is 1. The molecular weight excluding hydrogens is 314 g/mol. The van der Waals surface area contributed by atoms with Gasteiger partial charge < -0.3 is 10.2 Å². The molecule has 1 aromatic carbocycles. The maximum atomic E-state index is 12.3. The number of hydrogen-bond donors (Lipinski definition) is 2. The number of nitrogen functional groups attached to an aromatic ring is 1. The number of sulfonamides is 1. The van der Waals surface area contributed by atoms with Crippen LogP contribution < -0.4 is 10.5 Å². The predicted octanol–water partition coefficient (Wildman–Crippen LogP) is 2.26. The summed E-state index contributed by atoms with van der Waals surface area (Å²) in [5, 5.41) is 0.326. The van der Waals surface area contributed by atoms with Gasteiger partial charge >= 0.3 is 0 Å². The third kappa shape index (κ3) is 3.55. The molecule has 0 unspecified atom stereocenters. The van der Waals surface area contributed by atoms with Crippen LogP contribution in [0.4, 0.5) is 5.69 Å². The molecule has 0 bridgehead atoms. The molecule has 0 radical (unpaired) electrons. The Morgan fingerprint density at radius 2 is 2.14 bits per heavy atom. The Balaban J connectivity index is 2.20. The van der Waals surface area contributed by atoms with Crippen LogP contribution in [0, 0.1) is 6.92 Å². The number of nitrogens with zero attached hydrogens (tertiary/aromatic N) is 1. The Morgan fingerprint density at radius 1 is 1.43 bits per heavy atom. The van der Waals surface area contributed by atoms with Crippen molar-refractivity contribution in [3.05, 3.63) is 40.6 Å². The van der Waals surface area contributed by atoms with Gasteiger partial charge in [0.05, 0.1) is 28.3 Å². The van der Waals surface area contributed by atoms with Gasteiger partial charge in [0.1, 0.15) is 5.76 Å². The first-order valence-electron chi connectivity index (χ1n) is 6.32. The zero-order valence-corrected chi connectivity index (χ0v) is 13.3. The molecule has 0 saturated carbocycles. The van der Waals surface area contributed by atoms with Crippen LogP contribution in [0.25, 0.3) is 0 Å². The molecule has 2 rings (SSSR count). The average Bonchev–Trinajstić information content (AvgIpc) is 2.88. The van der Waals surface area contributed by atoms with Crippen LogP contribution in [0.3, 0.4) is 0 Å². The second kappa shape index (κ2) is 6.05. The first kappa shape index (κ1) is 15.8. The molecule has 21 heavy (non-hydrogen) atoms. The van der Waals surface area contributed by atoms with Crippen molar-refractivity contribution in [2.24, 2.45) is 0 Å². The maximum absolute atomic E-state index is 12.3. The lowest BCUT2D eigenvalue weighted by molar-refractivity contribution is 0.452. The highest BCUT2D eigenvalue weighted by Crippen LogP contribution is 2.26. The van der Waals surface area contributed by atoms with Crippen LogP contribution >= 0.6 is 11.6 Å². The fraction of sp³-hybridized carbons (Fsp3) is 0.308. The van der Waals surface area contributed by atoms with Crippen molar-refractivity contribution in [2.45, 2.75) is 31.7 Å². The van der Waals surface area contributed by atoms with Crippen molar-refractivity contribution in [1.82, 2.24) is 9.71 Å². The Hall–Kier alpha value is -1.57. The quantitative estimate of drug-likeness (QED) is 0.820. The first-order chi connectivity index (χ1) is 9.83. The highest BCUT2D eigenvalue weighted by Gasteiger charge is 2.19. The zero-order chi connectivity index (χ0) is 15.6. The number of anilines is 1. The van der Waals surface area contributed by atoms with Crippen molar-refractivity contribution in [3.8, 4) is 0 Å². The van der Waals surface area contributed by atoms with Crippen molar-refractivity contribution in [2.75, 3.05) is 5.73 Å². The molecule has 0 saturated heterocycles. The lowest BCUT2D eigenvalue weighted by Crippen LogP contribution is -2.24. The molecule has 6 nitrogen and oxygen atoms in total. The molecular formula is C13H16ClN3O3S. The van der Waals surface area contributed by atoms with Crippen LogP contribution in [0.5, 0.6) is 0 Å². The zero-order valence-electron chi connectivity index (χ0n) is 11.7. The van der Waals surface area contributed by atoms with E-state index in [0.717, 1.165) is 0 Å². The van der Waals surface area contributed by atoms with Crippen molar-refractivity contribution in [3.63, 3.8) is 0 Å². The molecule has 0 atom stereocenters. The van der Waals surface area contributed by atoms with E-state index >= 15 is 0 Å². The first-order valence-corrected chi connectivity index (χ1v) is 8.18. The van der Waals surface area contributed by atoms with E-state index in [9.17, 15) is 8.42 Å². The highest BCUT2D eigenvalue weighted by molar-refractivity contribution is 7.89. The Kier molecular flexibility index (Phi) is 4.55. The van der Waals surface area contributed by atoms with Crippen LogP contribution in [0.2, 0.25) is 5.02 Å². The summed E-state index contributed by atoms with van der Waals surface area (Å²) < 4.78 is 32.4. The fourth-order valence-electron chi connectivity index (χ4n) is 1.79. The predicted molar refractivity (Wildman–Crippen MR) is 80.5 cm³/mol. The number of nitrogens with one attached hydrogen (secondary N) is 1. The van der Waals surface area contributed by atoms with Crippen LogP contribution in [-0.4, -0.2) is 13.4 Å². The molecule has 3 N–H and O–H groups in total. The second-order valence-corrected chi connectivity index (χ2v) is 6.68. The smallest absolute Gasteiger partial charge is 0.241 e. The van der Waals surface area contributed by atoms with Crippen molar-refractivity contribution < 1.29 is 12.8 Å². The van der Waals surface area contributed by atoms with Crippen molar-refractivity contribution in [1.29, 1.82) is 0 Å². The van der Waals surface area contributed by atoms with Crippen molar-refractivity contribution >= 4 is 27.3 Å². The van der Waals surface area contributed by atoms with E-state index in [1.165, 1.54) is 12.1 Å². The third-order valence-electron chi connectivity index (χ3n) is 2.95. The highest BCUT2D eigenvalue weighted by atomic mass is 35.5. The maximum Gasteiger partial charge on any atom is 0.241 e. The summed E-state index contributed by atoms with van der Waals surface area (Å²) in [5.74, 6) is 1.02. The second-order valence-electron chi connectivity index (χ2n) is 4.54. The molecule has 114 valence electrons. The molecule has 0 fully saturated rings. The van der Waals surface area contributed by atoms with E-state index in [1.54, 1.807) is 13.1 Å². The van der Waals surface area contributed by atoms with Gasteiger partial charge in [0.25, 0.3) is 0 Å². The van der Waals surface area contributed by atoms with Gasteiger partial charge in [0, 0.05) is 6.42 Å². The minimum atomic E-state index is -3.71. The summed E-state index contributed by atoms with van der Waals surface area (Å²) in [6.45, 7) is 3.55. The minimum absolute atomic E-state index is 0.0235. The Bertz CT molecular complexity index is 756. The largest absolute Gasteiger partial charge is 0.444 e. The molecule has 1 heterocycles. The summed E-state index contributed by atoms with van der Waals surface area (Å²) in [6, 6.07) is 2.86. The fourth-order valence-corrected chi connectivity index (χ4v) is 3.24. The molecule has 0 aliphatic rings. The molecule has 0 aliphatic carbocycles. The van der Waals surface area contributed by atoms with Crippen LogP contribution in [-0.2, 0) is 23.0 Å². The SMILES string of the molecule is CCc1cnc(CNS(=O)(=O)c2cc(N)c(Cl)cc2C)o1. The lowest BCUT2D eigenvalue weighted by Gasteiger charge is -2.10. The minimum Gasteiger partial charge on any atom is -0.444 e. The van der Waals surface area contributed by atoms with Crippen LogP contribution in [0.15, 0.2) is 27.6 Å². The molecule has 2 aromatic rings. The normalized spacial score (nSPS) is 11.8. The van der Waals surface area contributed by atoms with E-state index in [0.29, 0.717) is 28.7 Å². The number of aryl methyl sites for hydroxylation is 2. The number of benzene rings is 1. The summed E-state index contributed by atoms with van der Waals surface area (Å²) >= 11 is 5.86. The van der Waals surface area contributed by atoms with E-state index < -0.39 is 10.0 Å². The van der Waals surface area contributed by atoms with E-state index in [4.69, 9.17) is 21.8 Å². The lowest BCUT2D eigenvalue weighted by atomic mass is 10.2.